The third kappa shape index (κ3) is 5.05. The second-order valence-corrected chi connectivity index (χ2v) is 14.8. The Morgan fingerprint density at radius 1 is 0.333 bits per heavy atom. The van der Waals surface area contributed by atoms with Gasteiger partial charge in [0.25, 0.3) is 0 Å². The molecule has 3 heteroatoms. The van der Waals surface area contributed by atoms with Crippen LogP contribution in [0.2, 0.25) is 0 Å². The summed E-state index contributed by atoms with van der Waals surface area (Å²) < 4.78 is 0. The van der Waals surface area contributed by atoms with Gasteiger partial charge in [0.05, 0.1) is 23.4 Å². The highest BCUT2D eigenvalue weighted by molar-refractivity contribution is 5.97. The van der Waals surface area contributed by atoms with Gasteiger partial charge in [-0.3, -0.25) is 0 Å². The standard InChI is InChI=1S/C54H33N3/c1-55-40-29-31-50-46(33-40)45-32-39(28-30-49(45)54(50)47-22-12-10-19-42(47)43-20-11-13-23-48(43)54)35-24-26-37(27-25-35)51-34-52(57-53(56-51)38-16-6-3-7-17-38)44-21-9-8-18-41(44)36-14-4-2-5-15-36/h2-34H. The van der Waals surface area contributed by atoms with Gasteiger partial charge in [-0.15, -0.1) is 0 Å². The van der Waals surface area contributed by atoms with Crippen LogP contribution in [0.15, 0.2) is 200 Å². The first kappa shape index (κ1) is 32.7. The Kier molecular flexibility index (Phi) is 7.45. The van der Waals surface area contributed by atoms with Gasteiger partial charge >= 0.3 is 0 Å². The quantitative estimate of drug-likeness (QED) is 0.166. The van der Waals surface area contributed by atoms with Crippen LogP contribution < -0.4 is 0 Å². The van der Waals surface area contributed by atoms with E-state index < -0.39 is 5.41 Å². The fraction of sp³-hybridized carbons (Fsp3) is 0.0185. The van der Waals surface area contributed by atoms with E-state index in [1.165, 1.54) is 38.9 Å². The summed E-state index contributed by atoms with van der Waals surface area (Å²) in [6, 6.07) is 70.8. The van der Waals surface area contributed by atoms with Crippen LogP contribution in [0.4, 0.5) is 5.69 Å². The highest BCUT2D eigenvalue weighted by Crippen LogP contribution is 2.63. The van der Waals surface area contributed by atoms with Gasteiger partial charge < -0.3 is 0 Å². The zero-order chi connectivity index (χ0) is 37.9. The third-order valence-corrected chi connectivity index (χ3v) is 11.8. The second-order valence-electron chi connectivity index (χ2n) is 14.8. The molecule has 0 saturated carbocycles. The first-order chi connectivity index (χ1) is 28.2. The first-order valence-corrected chi connectivity index (χ1v) is 19.3. The summed E-state index contributed by atoms with van der Waals surface area (Å²) in [5.74, 6) is 0.690. The monoisotopic (exact) mass is 723 g/mol. The van der Waals surface area contributed by atoms with Crippen LogP contribution in [0.5, 0.6) is 0 Å². The van der Waals surface area contributed by atoms with Crippen molar-refractivity contribution in [3.8, 4) is 78.4 Å². The van der Waals surface area contributed by atoms with Crippen molar-refractivity contribution < 1.29 is 0 Å². The zero-order valence-electron chi connectivity index (χ0n) is 30.9. The van der Waals surface area contributed by atoms with Crippen molar-refractivity contribution in [1.82, 2.24) is 9.97 Å². The van der Waals surface area contributed by atoms with Gasteiger partial charge in [0.2, 0.25) is 0 Å². The van der Waals surface area contributed by atoms with Gasteiger partial charge in [0, 0.05) is 16.7 Å². The number of hydrogen-bond donors (Lipinski definition) is 0. The van der Waals surface area contributed by atoms with Crippen LogP contribution in [0, 0.1) is 6.57 Å². The Bertz CT molecular complexity index is 3020. The molecule has 0 N–H and O–H groups in total. The topological polar surface area (TPSA) is 30.1 Å². The summed E-state index contributed by atoms with van der Waals surface area (Å²) in [4.78, 5) is 14.1. The van der Waals surface area contributed by atoms with E-state index in [9.17, 15) is 0 Å². The van der Waals surface area contributed by atoms with Crippen molar-refractivity contribution in [2.75, 3.05) is 0 Å². The molecule has 8 aromatic carbocycles. The summed E-state index contributed by atoms with van der Waals surface area (Å²) in [6.07, 6.45) is 0. The minimum absolute atomic E-state index is 0.443. The molecule has 3 nitrogen and oxygen atoms in total. The average molecular weight is 724 g/mol. The summed E-state index contributed by atoms with van der Waals surface area (Å²) in [6.45, 7) is 7.88. The summed E-state index contributed by atoms with van der Waals surface area (Å²) in [5.41, 5.74) is 19.4. The van der Waals surface area contributed by atoms with Crippen LogP contribution in [0.3, 0.4) is 0 Å². The zero-order valence-corrected chi connectivity index (χ0v) is 30.9. The first-order valence-electron chi connectivity index (χ1n) is 19.3. The van der Waals surface area contributed by atoms with E-state index in [4.69, 9.17) is 16.5 Å². The lowest BCUT2D eigenvalue weighted by atomic mass is 9.70. The van der Waals surface area contributed by atoms with Crippen molar-refractivity contribution in [2.45, 2.75) is 5.41 Å². The van der Waals surface area contributed by atoms with Crippen LogP contribution in [0.25, 0.3) is 83.3 Å². The third-order valence-electron chi connectivity index (χ3n) is 11.8. The Hall–Kier alpha value is -7.67. The Morgan fingerprint density at radius 3 is 1.49 bits per heavy atom. The molecule has 0 atom stereocenters. The molecule has 0 amide bonds. The fourth-order valence-electron chi connectivity index (χ4n) is 9.24. The molecule has 1 spiro atoms. The van der Waals surface area contributed by atoms with Crippen LogP contribution in [-0.2, 0) is 5.41 Å². The van der Waals surface area contributed by atoms with E-state index in [0.717, 1.165) is 55.9 Å². The molecule has 2 aliphatic rings. The van der Waals surface area contributed by atoms with E-state index in [1.807, 2.05) is 30.3 Å². The number of fused-ring (bicyclic) bond motifs is 10. The lowest BCUT2D eigenvalue weighted by Gasteiger charge is -2.30. The SMILES string of the molecule is [C-]#[N+]c1ccc2c(c1)-c1cc(-c3ccc(-c4cc(-c5ccccc5-c5ccccc5)nc(-c5ccccc5)n4)cc3)ccc1C21c2ccccc2-c2ccccc21. The van der Waals surface area contributed by atoms with E-state index >= 15 is 0 Å². The number of hydrogen-bond acceptors (Lipinski definition) is 2. The molecular formula is C54H33N3. The largest absolute Gasteiger partial charge is 0.238 e. The maximum atomic E-state index is 7.88. The smallest absolute Gasteiger partial charge is 0.187 e. The number of nitrogens with zero attached hydrogens (tertiary/aromatic N) is 3. The molecule has 0 bridgehead atoms. The second kappa shape index (κ2) is 13.0. The van der Waals surface area contributed by atoms with Crippen molar-refractivity contribution in [2.24, 2.45) is 0 Å². The fourth-order valence-corrected chi connectivity index (χ4v) is 9.24. The molecule has 0 fully saturated rings. The van der Waals surface area contributed by atoms with Crippen molar-refractivity contribution in [1.29, 1.82) is 0 Å². The predicted octanol–water partition coefficient (Wildman–Crippen LogP) is 13.7. The van der Waals surface area contributed by atoms with Crippen LogP contribution >= 0.6 is 0 Å². The maximum absolute atomic E-state index is 7.88. The highest BCUT2D eigenvalue weighted by Gasteiger charge is 2.51. The van der Waals surface area contributed by atoms with E-state index in [2.05, 4.69) is 175 Å². The normalized spacial score (nSPS) is 12.7. The van der Waals surface area contributed by atoms with Gasteiger partial charge in [-0.2, -0.15) is 0 Å². The molecule has 0 unspecified atom stereocenters. The van der Waals surface area contributed by atoms with Crippen molar-refractivity contribution >= 4 is 5.69 Å². The Morgan fingerprint density at radius 2 is 0.825 bits per heavy atom. The molecule has 2 aliphatic carbocycles. The molecule has 1 aromatic heterocycles. The average Bonchev–Trinajstić information content (AvgIpc) is 3.76. The van der Waals surface area contributed by atoms with Gasteiger partial charge in [-0.1, -0.05) is 182 Å². The van der Waals surface area contributed by atoms with E-state index in [0.29, 0.717) is 11.5 Å². The highest BCUT2D eigenvalue weighted by atomic mass is 14.9. The minimum Gasteiger partial charge on any atom is -0.238 e. The minimum atomic E-state index is -0.443. The van der Waals surface area contributed by atoms with E-state index in [-0.39, 0.29) is 0 Å². The van der Waals surface area contributed by atoms with Crippen molar-refractivity contribution in [3.63, 3.8) is 0 Å². The van der Waals surface area contributed by atoms with Gasteiger partial charge in [-0.25, -0.2) is 14.8 Å². The van der Waals surface area contributed by atoms with E-state index in [1.54, 1.807) is 0 Å². The number of rotatable bonds is 5. The summed E-state index contributed by atoms with van der Waals surface area (Å²) >= 11 is 0. The lowest BCUT2D eigenvalue weighted by Crippen LogP contribution is -2.25. The van der Waals surface area contributed by atoms with Crippen LogP contribution in [-0.4, -0.2) is 9.97 Å². The Balaban J connectivity index is 1.03. The predicted molar refractivity (Wildman–Crippen MR) is 232 cm³/mol. The Labute approximate surface area is 332 Å². The van der Waals surface area contributed by atoms with Crippen molar-refractivity contribution in [3.05, 3.63) is 234 Å². The number of aromatic nitrogens is 2. The molecule has 1 heterocycles. The number of benzene rings is 8. The van der Waals surface area contributed by atoms with Gasteiger partial charge in [0.15, 0.2) is 11.5 Å². The van der Waals surface area contributed by atoms with Gasteiger partial charge in [0.1, 0.15) is 0 Å². The molecular weight excluding hydrogens is 691 g/mol. The lowest BCUT2D eigenvalue weighted by molar-refractivity contribution is 0.794. The van der Waals surface area contributed by atoms with Crippen LogP contribution in [0.1, 0.15) is 22.3 Å². The molecule has 11 rings (SSSR count). The molecule has 264 valence electrons. The molecule has 0 aliphatic heterocycles. The molecule has 9 aromatic rings. The summed E-state index contributed by atoms with van der Waals surface area (Å²) in [7, 11) is 0. The summed E-state index contributed by atoms with van der Waals surface area (Å²) in [5, 5.41) is 0. The molecule has 0 radical (unpaired) electrons. The molecule has 57 heavy (non-hydrogen) atoms. The molecule has 0 saturated heterocycles. The maximum Gasteiger partial charge on any atom is 0.187 e. The van der Waals surface area contributed by atoms with Gasteiger partial charge in [-0.05, 0) is 85.0 Å².